The lowest BCUT2D eigenvalue weighted by Crippen LogP contribution is -2.17. The van der Waals surface area contributed by atoms with E-state index in [0.29, 0.717) is 12.2 Å². The van der Waals surface area contributed by atoms with Crippen molar-refractivity contribution in [1.82, 2.24) is 5.43 Å². The highest BCUT2D eigenvalue weighted by molar-refractivity contribution is 5.95. The number of carbonyl (C=O) groups excluding carboxylic acids is 1. The van der Waals surface area contributed by atoms with Crippen molar-refractivity contribution in [3.63, 3.8) is 0 Å². The van der Waals surface area contributed by atoms with E-state index < -0.39 is 0 Å². The van der Waals surface area contributed by atoms with Gasteiger partial charge >= 0.3 is 0 Å². The van der Waals surface area contributed by atoms with Gasteiger partial charge in [-0.05, 0) is 47.5 Å². The quantitative estimate of drug-likeness (QED) is 0.528. The lowest BCUT2D eigenvalue weighted by atomic mass is 10.2. The fourth-order valence-electron chi connectivity index (χ4n) is 2.27. The van der Waals surface area contributed by atoms with E-state index >= 15 is 0 Å². The first kappa shape index (κ1) is 17.2. The number of rotatable bonds is 6. The Kier molecular flexibility index (Phi) is 5.62. The zero-order valence-corrected chi connectivity index (χ0v) is 14.0. The third-order valence-corrected chi connectivity index (χ3v) is 3.62. The lowest BCUT2D eigenvalue weighted by molar-refractivity contribution is 0.0955. The first-order valence-corrected chi connectivity index (χ1v) is 8.10. The van der Waals surface area contributed by atoms with Crippen molar-refractivity contribution in [3.8, 4) is 11.5 Å². The highest BCUT2D eigenvalue weighted by Crippen LogP contribution is 2.14. The topological polar surface area (TPSA) is 70.9 Å². The number of carbonyl (C=O) groups is 1. The summed E-state index contributed by atoms with van der Waals surface area (Å²) in [5, 5.41) is 13.2. The van der Waals surface area contributed by atoms with E-state index in [1.165, 1.54) is 24.3 Å². The van der Waals surface area contributed by atoms with Crippen molar-refractivity contribution >= 4 is 12.1 Å². The first-order chi connectivity index (χ1) is 12.7. The van der Waals surface area contributed by atoms with Gasteiger partial charge in [-0.2, -0.15) is 5.10 Å². The van der Waals surface area contributed by atoms with Gasteiger partial charge < -0.3 is 9.84 Å². The number of aromatic hydroxyl groups is 1. The average Bonchev–Trinajstić information content (AvgIpc) is 2.68. The number of benzene rings is 3. The van der Waals surface area contributed by atoms with Gasteiger partial charge in [0.1, 0.15) is 18.1 Å². The summed E-state index contributed by atoms with van der Waals surface area (Å²) >= 11 is 0. The lowest BCUT2D eigenvalue weighted by Gasteiger charge is -2.06. The number of phenolic OH excluding ortho intramolecular Hbond substituents is 1. The van der Waals surface area contributed by atoms with E-state index in [-0.39, 0.29) is 11.7 Å². The summed E-state index contributed by atoms with van der Waals surface area (Å²) in [6.07, 6.45) is 1.55. The van der Waals surface area contributed by atoms with Crippen molar-refractivity contribution in [2.24, 2.45) is 5.10 Å². The first-order valence-electron chi connectivity index (χ1n) is 8.10. The van der Waals surface area contributed by atoms with Gasteiger partial charge in [0, 0.05) is 5.56 Å². The molecule has 0 saturated carbocycles. The van der Waals surface area contributed by atoms with Crippen molar-refractivity contribution < 1.29 is 14.6 Å². The number of amides is 1. The van der Waals surface area contributed by atoms with Crippen LogP contribution in [0.3, 0.4) is 0 Å². The molecule has 0 spiro atoms. The van der Waals surface area contributed by atoms with Gasteiger partial charge in [-0.15, -0.1) is 0 Å². The molecule has 130 valence electrons. The fourth-order valence-corrected chi connectivity index (χ4v) is 2.27. The second-order valence-electron chi connectivity index (χ2n) is 5.59. The van der Waals surface area contributed by atoms with E-state index in [0.717, 1.165) is 16.9 Å². The van der Waals surface area contributed by atoms with E-state index in [4.69, 9.17) is 4.74 Å². The molecule has 0 aromatic heterocycles. The molecule has 0 aliphatic carbocycles. The third kappa shape index (κ3) is 4.95. The normalized spacial score (nSPS) is 10.6. The molecule has 3 rings (SSSR count). The van der Waals surface area contributed by atoms with E-state index in [2.05, 4.69) is 10.5 Å². The van der Waals surface area contributed by atoms with Crippen LogP contribution in [0.2, 0.25) is 0 Å². The van der Waals surface area contributed by atoms with Crippen molar-refractivity contribution in [2.45, 2.75) is 6.61 Å². The Bertz CT molecular complexity index is 891. The molecule has 0 unspecified atom stereocenters. The van der Waals surface area contributed by atoms with Crippen LogP contribution in [0, 0.1) is 0 Å². The Morgan fingerprint density at radius 3 is 2.54 bits per heavy atom. The van der Waals surface area contributed by atoms with Crippen molar-refractivity contribution in [1.29, 1.82) is 0 Å². The van der Waals surface area contributed by atoms with E-state index in [1.807, 2.05) is 54.6 Å². The molecule has 5 heteroatoms. The summed E-state index contributed by atoms with van der Waals surface area (Å²) in [7, 11) is 0. The molecular formula is C21H18N2O3. The van der Waals surface area contributed by atoms with Crippen LogP contribution in [-0.4, -0.2) is 17.2 Å². The van der Waals surface area contributed by atoms with Gasteiger partial charge in [-0.25, -0.2) is 5.43 Å². The van der Waals surface area contributed by atoms with Crippen LogP contribution in [0.4, 0.5) is 0 Å². The Labute approximate surface area is 151 Å². The van der Waals surface area contributed by atoms with Crippen LogP contribution in [0.25, 0.3) is 0 Å². The van der Waals surface area contributed by atoms with Gasteiger partial charge in [0.25, 0.3) is 5.91 Å². The molecule has 0 aliphatic rings. The molecule has 0 saturated heterocycles. The van der Waals surface area contributed by atoms with Crippen molar-refractivity contribution in [2.75, 3.05) is 0 Å². The monoisotopic (exact) mass is 346 g/mol. The zero-order valence-electron chi connectivity index (χ0n) is 14.0. The second-order valence-corrected chi connectivity index (χ2v) is 5.59. The number of hydrogen-bond donors (Lipinski definition) is 2. The molecule has 0 aliphatic heterocycles. The summed E-state index contributed by atoms with van der Waals surface area (Å²) in [6.45, 7) is 0.485. The molecule has 0 bridgehead atoms. The molecule has 0 atom stereocenters. The SMILES string of the molecule is O=C(N/N=C/c1cccc(OCc2ccccc2)c1)c1ccc(O)cc1. The predicted octanol–water partition coefficient (Wildman–Crippen LogP) is 3.74. The average molecular weight is 346 g/mol. The molecule has 0 heterocycles. The summed E-state index contributed by atoms with van der Waals surface area (Å²) in [5.74, 6) is 0.484. The molecule has 0 radical (unpaired) electrons. The summed E-state index contributed by atoms with van der Waals surface area (Å²) < 4.78 is 5.77. The van der Waals surface area contributed by atoms with Crippen LogP contribution < -0.4 is 10.2 Å². The molecule has 26 heavy (non-hydrogen) atoms. The molecule has 0 fully saturated rings. The Balaban J connectivity index is 1.56. The van der Waals surface area contributed by atoms with Crippen LogP contribution in [0.1, 0.15) is 21.5 Å². The maximum atomic E-state index is 11.9. The minimum absolute atomic E-state index is 0.109. The van der Waals surface area contributed by atoms with Crippen LogP contribution in [-0.2, 0) is 6.61 Å². The fraction of sp³-hybridized carbons (Fsp3) is 0.0476. The van der Waals surface area contributed by atoms with Gasteiger partial charge in [-0.1, -0.05) is 42.5 Å². The van der Waals surface area contributed by atoms with Crippen LogP contribution in [0.15, 0.2) is 84.0 Å². The summed E-state index contributed by atoms with van der Waals surface area (Å²) in [4.78, 5) is 11.9. The van der Waals surface area contributed by atoms with Crippen LogP contribution >= 0.6 is 0 Å². The number of phenols is 1. The van der Waals surface area contributed by atoms with E-state index in [9.17, 15) is 9.90 Å². The molecule has 3 aromatic rings. The maximum absolute atomic E-state index is 11.9. The minimum Gasteiger partial charge on any atom is -0.508 e. The van der Waals surface area contributed by atoms with E-state index in [1.54, 1.807) is 6.21 Å². The number of ether oxygens (including phenoxy) is 1. The molecule has 3 aromatic carbocycles. The van der Waals surface area contributed by atoms with Gasteiger partial charge in [0.15, 0.2) is 0 Å². The summed E-state index contributed by atoms with van der Waals surface area (Å²) in [5.41, 5.74) is 4.77. The number of nitrogens with one attached hydrogen (secondary N) is 1. The van der Waals surface area contributed by atoms with Crippen molar-refractivity contribution in [3.05, 3.63) is 95.6 Å². The molecular weight excluding hydrogens is 328 g/mol. The van der Waals surface area contributed by atoms with Gasteiger partial charge in [-0.3, -0.25) is 4.79 Å². The predicted molar refractivity (Wildman–Crippen MR) is 100 cm³/mol. The maximum Gasteiger partial charge on any atom is 0.271 e. The zero-order chi connectivity index (χ0) is 18.2. The third-order valence-electron chi connectivity index (χ3n) is 3.62. The number of nitrogens with zero attached hydrogens (tertiary/aromatic N) is 1. The molecule has 1 amide bonds. The Morgan fingerprint density at radius 2 is 1.77 bits per heavy atom. The largest absolute Gasteiger partial charge is 0.508 e. The molecule has 2 N–H and O–H groups in total. The summed E-state index contributed by atoms with van der Waals surface area (Å²) in [6, 6.07) is 23.3. The standard InChI is InChI=1S/C21H18N2O3/c24-19-11-9-18(10-12-19)21(25)23-22-14-17-7-4-8-20(13-17)26-15-16-5-2-1-3-6-16/h1-14,24H,15H2,(H,23,25)/b22-14+. The highest BCUT2D eigenvalue weighted by atomic mass is 16.5. The van der Waals surface area contributed by atoms with Gasteiger partial charge in [0.2, 0.25) is 0 Å². The second kappa shape index (κ2) is 8.48. The smallest absolute Gasteiger partial charge is 0.271 e. The Morgan fingerprint density at radius 1 is 1.00 bits per heavy atom. The Hall–Kier alpha value is -3.60. The van der Waals surface area contributed by atoms with Gasteiger partial charge in [0.05, 0.1) is 6.21 Å². The molecule has 5 nitrogen and oxygen atoms in total. The number of hydrogen-bond acceptors (Lipinski definition) is 4. The number of hydrazone groups is 1. The minimum atomic E-state index is -0.349. The van der Waals surface area contributed by atoms with Crippen LogP contribution in [0.5, 0.6) is 11.5 Å². The highest BCUT2D eigenvalue weighted by Gasteiger charge is 2.03.